The van der Waals surface area contributed by atoms with Gasteiger partial charge in [0.1, 0.15) is 0 Å². The number of amides is 1. The molecule has 0 aliphatic carbocycles. The molecule has 1 atom stereocenters. The van der Waals surface area contributed by atoms with Crippen LogP contribution in [0.25, 0.3) is 0 Å². The summed E-state index contributed by atoms with van der Waals surface area (Å²) in [6.45, 7) is 1.36. The normalized spacial score (nSPS) is 16.6. The summed E-state index contributed by atoms with van der Waals surface area (Å²) in [5.74, 6) is 0.156. The van der Waals surface area contributed by atoms with E-state index in [1.54, 1.807) is 6.07 Å². The zero-order valence-electron chi connectivity index (χ0n) is 16.0. The summed E-state index contributed by atoms with van der Waals surface area (Å²) in [6.07, 6.45) is 4.17. The molecule has 1 saturated heterocycles. The maximum absolute atomic E-state index is 12.8. The number of carbonyl (C=O) groups excluding carboxylic acids is 1. The first-order chi connectivity index (χ1) is 14.1. The summed E-state index contributed by atoms with van der Waals surface area (Å²) in [4.78, 5) is 33.3. The monoisotopic (exact) mass is 407 g/mol. The second-order valence-corrected chi connectivity index (χ2v) is 7.83. The van der Waals surface area contributed by atoms with Crippen LogP contribution >= 0.6 is 11.6 Å². The minimum absolute atomic E-state index is 0.0525. The lowest BCUT2D eigenvalue weighted by atomic mass is 9.93. The van der Waals surface area contributed by atoms with E-state index < -0.39 is 0 Å². The van der Waals surface area contributed by atoms with Crippen LogP contribution in [0.15, 0.2) is 65.6 Å². The summed E-state index contributed by atoms with van der Waals surface area (Å²) < 4.78 is 0. The summed E-state index contributed by atoms with van der Waals surface area (Å²) in [5, 5.41) is 0.727. The third-order valence-electron chi connectivity index (χ3n) is 5.28. The van der Waals surface area contributed by atoms with Gasteiger partial charge in [0, 0.05) is 54.1 Å². The molecule has 29 heavy (non-hydrogen) atoms. The lowest BCUT2D eigenvalue weighted by Gasteiger charge is -2.32. The van der Waals surface area contributed by atoms with E-state index in [4.69, 9.17) is 16.6 Å². The minimum atomic E-state index is -0.209. The van der Waals surface area contributed by atoms with Gasteiger partial charge >= 0.3 is 0 Å². The maximum atomic E-state index is 12.8. The number of hydrogen-bond acceptors (Lipinski definition) is 3. The van der Waals surface area contributed by atoms with E-state index in [0.29, 0.717) is 12.1 Å². The number of carbonyl (C=O) groups is 1. The van der Waals surface area contributed by atoms with Crippen LogP contribution in [-0.4, -0.2) is 33.9 Å². The lowest BCUT2D eigenvalue weighted by molar-refractivity contribution is 0.0705. The highest BCUT2D eigenvalue weighted by molar-refractivity contribution is 6.30. The van der Waals surface area contributed by atoms with E-state index in [2.05, 4.69) is 4.98 Å². The predicted molar refractivity (Wildman–Crippen MR) is 113 cm³/mol. The Morgan fingerprint density at radius 3 is 2.72 bits per heavy atom. The Morgan fingerprint density at radius 2 is 1.97 bits per heavy atom. The zero-order chi connectivity index (χ0) is 20.2. The molecule has 1 aliphatic rings. The first-order valence-corrected chi connectivity index (χ1v) is 10.1. The van der Waals surface area contributed by atoms with Crippen molar-refractivity contribution in [1.82, 2.24) is 14.9 Å². The first-order valence-electron chi connectivity index (χ1n) is 9.77. The average Bonchev–Trinajstić information content (AvgIpc) is 2.76. The van der Waals surface area contributed by atoms with Crippen LogP contribution in [0.2, 0.25) is 5.02 Å². The van der Waals surface area contributed by atoms with Crippen molar-refractivity contribution in [3.8, 4) is 0 Å². The van der Waals surface area contributed by atoms with E-state index >= 15 is 0 Å². The molecule has 0 spiro atoms. The Balaban J connectivity index is 1.48. The van der Waals surface area contributed by atoms with Gasteiger partial charge in [-0.15, -0.1) is 0 Å². The third kappa shape index (κ3) is 4.74. The van der Waals surface area contributed by atoms with Crippen molar-refractivity contribution in [2.24, 2.45) is 0 Å². The van der Waals surface area contributed by atoms with Gasteiger partial charge in [0.2, 0.25) is 5.56 Å². The molecule has 1 N–H and O–H groups in total. The van der Waals surface area contributed by atoms with Gasteiger partial charge < -0.3 is 9.88 Å². The van der Waals surface area contributed by atoms with Crippen LogP contribution in [0.1, 0.15) is 46.1 Å². The number of hydrogen-bond donors (Lipinski definition) is 1. The van der Waals surface area contributed by atoms with Crippen LogP contribution in [0, 0.1) is 0 Å². The van der Waals surface area contributed by atoms with Crippen LogP contribution in [0.4, 0.5) is 0 Å². The Labute approximate surface area is 174 Å². The van der Waals surface area contributed by atoms with Gasteiger partial charge in [-0.25, -0.2) is 0 Å². The Hall–Kier alpha value is -2.92. The molecule has 0 saturated carbocycles. The highest BCUT2D eigenvalue weighted by Gasteiger charge is 2.26. The molecule has 6 heteroatoms. The molecule has 1 fully saturated rings. The van der Waals surface area contributed by atoms with Crippen LogP contribution in [-0.2, 0) is 6.42 Å². The average molecular weight is 408 g/mol. The van der Waals surface area contributed by atoms with Crippen LogP contribution in [0.5, 0.6) is 0 Å². The molecule has 5 nitrogen and oxygen atoms in total. The molecule has 0 unspecified atom stereocenters. The van der Waals surface area contributed by atoms with E-state index in [1.165, 1.54) is 12.3 Å². The summed E-state index contributed by atoms with van der Waals surface area (Å²) in [7, 11) is 0. The fourth-order valence-electron chi connectivity index (χ4n) is 3.76. The molecular weight excluding hydrogens is 386 g/mol. The number of rotatable bonds is 4. The second kappa shape index (κ2) is 8.62. The van der Waals surface area contributed by atoms with E-state index in [9.17, 15) is 9.59 Å². The number of aromatic nitrogens is 2. The van der Waals surface area contributed by atoms with Gasteiger partial charge in [-0.1, -0.05) is 29.8 Å². The molecule has 1 aromatic carbocycles. The summed E-state index contributed by atoms with van der Waals surface area (Å²) >= 11 is 5.97. The minimum Gasteiger partial charge on any atom is -0.338 e. The fourth-order valence-corrected chi connectivity index (χ4v) is 3.89. The van der Waals surface area contributed by atoms with Crippen molar-refractivity contribution in [2.75, 3.05) is 13.1 Å². The van der Waals surface area contributed by atoms with Gasteiger partial charge in [-0.2, -0.15) is 0 Å². The number of piperidine rings is 1. The number of pyridine rings is 2. The predicted octanol–water partition coefficient (Wildman–Crippen LogP) is 4.03. The first kappa shape index (κ1) is 19.4. The quantitative estimate of drug-likeness (QED) is 0.709. The van der Waals surface area contributed by atoms with Crippen molar-refractivity contribution in [2.45, 2.75) is 25.2 Å². The molecule has 3 aromatic rings. The standard InChI is InChI=1S/C23H22ClN3O2/c24-19-9-6-16(7-10-19)13-20-4-1-5-21(26-20)18-3-2-12-27(15-18)23(29)17-8-11-22(28)25-14-17/h1,4-11,14,18H,2-3,12-13,15H2,(H,25,28)/t18-/m1/s1. The van der Waals surface area contributed by atoms with Crippen molar-refractivity contribution >= 4 is 17.5 Å². The largest absolute Gasteiger partial charge is 0.338 e. The second-order valence-electron chi connectivity index (χ2n) is 7.39. The summed E-state index contributed by atoms with van der Waals surface area (Å²) in [5.41, 5.74) is 3.50. The number of nitrogens with zero attached hydrogens (tertiary/aromatic N) is 2. The molecule has 0 bridgehead atoms. The van der Waals surface area contributed by atoms with Gasteiger partial charge in [0.25, 0.3) is 5.91 Å². The number of halogens is 1. The van der Waals surface area contributed by atoms with Gasteiger partial charge in [0.15, 0.2) is 0 Å². The van der Waals surface area contributed by atoms with Crippen molar-refractivity contribution in [3.05, 3.63) is 98.7 Å². The lowest BCUT2D eigenvalue weighted by Crippen LogP contribution is -2.39. The van der Waals surface area contributed by atoms with E-state index in [0.717, 1.165) is 47.8 Å². The smallest absolute Gasteiger partial charge is 0.255 e. The molecular formula is C23H22ClN3O2. The van der Waals surface area contributed by atoms with E-state index in [-0.39, 0.29) is 17.4 Å². The van der Waals surface area contributed by atoms with Crippen LogP contribution in [0.3, 0.4) is 0 Å². The van der Waals surface area contributed by atoms with Gasteiger partial charge in [0.05, 0.1) is 5.56 Å². The molecule has 1 aliphatic heterocycles. The molecule has 1 amide bonds. The van der Waals surface area contributed by atoms with Crippen molar-refractivity contribution in [3.63, 3.8) is 0 Å². The Morgan fingerprint density at radius 1 is 1.14 bits per heavy atom. The molecule has 2 aromatic heterocycles. The Kier molecular flexibility index (Phi) is 5.76. The van der Waals surface area contributed by atoms with E-state index in [1.807, 2.05) is 47.4 Å². The van der Waals surface area contributed by atoms with Crippen LogP contribution < -0.4 is 5.56 Å². The highest BCUT2D eigenvalue weighted by atomic mass is 35.5. The van der Waals surface area contributed by atoms with Gasteiger partial charge in [-0.3, -0.25) is 14.6 Å². The fraction of sp³-hybridized carbons (Fsp3) is 0.261. The molecule has 4 rings (SSSR count). The molecule has 3 heterocycles. The number of H-pyrrole nitrogens is 1. The van der Waals surface area contributed by atoms with Crippen molar-refractivity contribution in [1.29, 1.82) is 0 Å². The Bertz CT molecular complexity index is 1040. The SMILES string of the molecule is O=C(c1ccc(=O)[nH]c1)N1CCC[C@@H](c2cccc(Cc3ccc(Cl)cc3)n2)C1. The number of aromatic amines is 1. The summed E-state index contributed by atoms with van der Waals surface area (Å²) in [6, 6.07) is 16.9. The zero-order valence-corrected chi connectivity index (χ0v) is 16.7. The van der Waals surface area contributed by atoms with Gasteiger partial charge in [-0.05, 0) is 48.7 Å². The maximum Gasteiger partial charge on any atom is 0.255 e. The van der Waals surface area contributed by atoms with Crippen molar-refractivity contribution < 1.29 is 4.79 Å². The number of nitrogens with one attached hydrogen (secondary N) is 1. The molecule has 0 radical (unpaired) electrons. The highest BCUT2D eigenvalue weighted by Crippen LogP contribution is 2.27. The third-order valence-corrected chi connectivity index (χ3v) is 5.54. The topological polar surface area (TPSA) is 66.1 Å². The number of benzene rings is 1. The molecule has 148 valence electrons. The number of likely N-dealkylation sites (tertiary alicyclic amines) is 1.